The molecule has 0 amide bonds. The minimum Gasteiger partial charge on any atom is -0.496 e. The summed E-state index contributed by atoms with van der Waals surface area (Å²) in [6.07, 6.45) is 4.40. The average Bonchev–Trinajstić information content (AvgIpc) is 2.33. The largest absolute Gasteiger partial charge is 0.496 e. The summed E-state index contributed by atoms with van der Waals surface area (Å²) in [5.41, 5.74) is 10.3. The van der Waals surface area contributed by atoms with Gasteiger partial charge in [0.1, 0.15) is 5.75 Å². The number of rotatable bonds is 3. The van der Waals surface area contributed by atoms with Crippen LogP contribution in [0.5, 0.6) is 5.75 Å². The molecule has 2 nitrogen and oxygen atoms in total. The maximum Gasteiger partial charge on any atom is 0.127 e. The van der Waals surface area contributed by atoms with E-state index in [1.165, 1.54) is 23.1 Å². The van der Waals surface area contributed by atoms with E-state index in [0.717, 1.165) is 25.0 Å². The topological polar surface area (TPSA) is 35.2 Å². The fraction of sp³-hybridized carbons (Fsp3) is 0.647. The lowest BCUT2D eigenvalue weighted by Gasteiger charge is -2.41. The molecule has 0 atom stereocenters. The van der Waals surface area contributed by atoms with E-state index in [1.807, 2.05) is 0 Å². The Hall–Kier alpha value is -1.02. The van der Waals surface area contributed by atoms with Crippen molar-refractivity contribution >= 4 is 0 Å². The number of ether oxygens (including phenoxy) is 1. The van der Waals surface area contributed by atoms with E-state index in [0.29, 0.717) is 0 Å². The van der Waals surface area contributed by atoms with E-state index in [9.17, 15) is 0 Å². The van der Waals surface area contributed by atoms with Crippen molar-refractivity contribution in [2.45, 2.75) is 64.3 Å². The third kappa shape index (κ3) is 2.51. The van der Waals surface area contributed by atoms with Crippen molar-refractivity contribution in [1.29, 1.82) is 0 Å². The number of hydrogen-bond acceptors (Lipinski definition) is 2. The van der Waals surface area contributed by atoms with Crippen molar-refractivity contribution in [3.05, 3.63) is 28.8 Å². The molecule has 1 fully saturated rings. The smallest absolute Gasteiger partial charge is 0.127 e. The first kappa shape index (κ1) is 14.4. The van der Waals surface area contributed by atoms with E-state index in [1.54, 1.807) is 7.11 Å². The van der Waals surface area contributed by atoms with Crippen LogP contribution in [0.1, 0.15) is 63.6 Å². The fourth-order valence-corrected chi connectivity index (χ4v) is 2.87. The van der Waals surface area contributed by atoms with E-state index in [-0.39, 0.29) is 11.0 Å². The second kappa shape index (κ2) is 4.82. The molecule has 1 aliphatic carbocycles. The molecule has 2 N–H and O–H groups in total. The summed E-state index contributed by atoms with van der Waals surface area (Å²) in [4.78, 5) is 0. The Labute approximate surface area is 117 Å². The summed E-state index contributed by atoms with van der Waals surface area (Å²) >= 11 is 0. The van der Waals surface area contributed by atoms with Crippen molar-refractivity contribution in [2.24, 2.45) is 5.73 Å². The van der Waals surface area contributed by atoms with Crippen LogP contribution >= 0.6 is 0 Å². The van der Waals surface area contributed by atoms with E-state index in [4.69, 9.17) is 10.5 Å². The summed E-state index contributed by atoms with van der Waals surface area (Å²) in [6, 6.07) is 4.54. The van der Waals surface area contributed by atoms with Gasteiger partial charge in [-0.1, -0.05) is 39.8 Å². The van der Waals surface area contributed by atoms with Gasteiger partial charge in [0.2, 0.25) is 0 Å². The van der Waals surface area contributed by atoms with Crippen molar-refractivity contribution in [3.63, 3.8) is 0 Å². The van der Waals surface area contributed by atoms with E-state index in [2.05, 4.69) is 39.8 Å². The molecule has 1 aromatic carbocycles. The van der Waals surface area contributed by atoms with Gasteiger partial charge in [-0.15, -0.1) is 0 Å². The van der Waals surface area contributed by atoms with Gasteiger partial charge in [-0.3, -0.25) is 0 Å². The molecule has 0 aliphatic heterocycles. The van der Waals surface area contributed by atoms with E-state index >= 15 is 0 Å². The minimum atomic E-state index is -0.170. The number of hydrogen-bond donors (Lipinski definition) is 1. The second-order valence-corrected chi connectivity index (χ2v) is 6.84. The van der Waals surface area contributed by atoms with Crippen LogP contribution in [0, 0.1) is 0 Å². The average molecular weight is 261 g/mol. The summed E-state index contributed by atoms with van der Waals surface area (Å²) in [6.45, 7) is 8.90. The molecule has 1 saturated carbocycles. The van der Waals surface area contributed by atoms with Crippen molar-refractivity contribution in [1.82, 2.24) is 0 Å². The predicted octanol–water partition coefficient (Wildman–Crippen LogP) is 3.89. The first-order valence-corrected chi connectivity index (χ1v) is 7.32. The van der Waals surface area contributed by atoms with Gasteiger partial charge in [0, 0.05) is 16.7 Å². The number of benzene rings is 1. The number of aryl methyl sites for hydroxylation is 1. The first-order valence-electron chi connectivity index (χ1n) is 7.32. The molecule has 106 valence electrons. The van der Waals surface area contributed by atoms with Crippen LogP contribution in [-0.4, -0.2) is 7.11 Å². The molecule has 0 saturated heterocycles. The van der Waals surface area contributed by atoms with Gasteiger partial charge in [-0.05, 0) is 36.7 Å². The van der Waals surface area contributed by atoms with Crippen LogP contribution in [0.2, 0.25) is 0 Å². The molecule has 0 radical (unpaired) electrons. The SMILES string of the molecule is CCc1cc(C(C)(C)C)c(OC)c(C2(N)CCC2)c1. The Balaban J connectivity index is 2.64. The zero-order valence-corrected chi connectivity index (χ0v) is 13.0. The molecule has 19 heavy (non-hydrogen) atoms. The lowest BCUT2D eigenvalue weighted by molar-refractivity contribution is 0.242. The summed E-state index contributed by atoms with van der Waals surface area (Å²) < 4.78 is 5.74. The molecular formula is C17H27NO. The Morgan fingerprint density at radius 2 is 1.89 bits per heavy atom. The second-order valence-electron chi connectivity index (χ2n) is 6.84. The Morgan fingerprint density at radius 3 is 2.26 bits per heavy atom. The Bertz CT molecular complexity index is 467. The van der Waals surface area contributed by atoms with Crippen molar-refractivity contribution < 1.29 is 4.74 Å². The van der Waals surface area contributed by atoms with Crippen LogP contribution in [0.15, 0.2) is 12.1 Å². The molecular weight excluding hydrogens is 234 g/mol. The van der Waals surface area contributed by atoms with Gasteiger partial charge in [0.15, 0.2) is 0 Å². The minimum absolute atomic E-state index is 0.0748. The first-order chi connectivity index (χ1) is 8.81. The van der Waals surface area contributed by atoms with Crippen LogP contribution in [-0.2, 0) is 17.4 Å². The lowest BCUT2D eigenvalue weighted by atomic mass is 9.70. The summed E-state index contributed by atoms with van der Waals surface area (Å²) in [5.74, 6) is 1.01. The summed E-state index contributed by atoms with van der Waals surface area (Å²) in [7, 11) is 1.77. The normalized spacial score (nSPS) is 18.0. The van der Waals surface area contributed by atoms with Crippen molar-refractivity contribution in [2.75, 3.05) is 7.11 Å². The van der Waals surface area contributed by atoms with Gasteiger partial charge in [0.05, 0.1) is 7.11 Å². The van der Waals surface area contributed by atoms with Gasteiger partial charge in [-0.25, -0.2) is 0 Å². The van der Waals surface area contributed by atoms with Gasteiger partial charge >= 0.3 is 0 Å². The highest BCUT2D eigenvalue weighted by Crippen LogP contribution is 2.46. The van der Waals surface area contributed by atoms with E-state index < -0.39 is 0 Å². The zero-order chi connectivity index (χ0) is 14.3. The third-order valence-electron chi connectivity index (χ3n) is 4.35. The van der Waals surface area contributed by atoms with Crippen molar-refractivity contribution in [3.8, 4) is 5.75 Å². The number of nitrogens with two attached hydrogens (primary N) is 1. The molecule has 2 heteroatoms. The number of methoxy groups -OCH3 is 1. The van der Waals surface area contributed by atoms with Gasteiger partial charge < -0.3 is 10.5 Å². The molecule has 1 aromatic rings. The van der Waals surface area contributed by atoms with Crippen LogP contribution in [0.4, 0.5) is 0 Å². The molecule has 0 heterocycles. The van der Waals surface area contributed by atoms with Crippen LogP contribution in [0.25, 0.3) is 0 Å². The van der Waals surface area contributed by atoms with Gasteiger partial charge in [0.25, 0.3) is 0 Å². The van der Waals surface area contributed by atoms with Crippen LogP contribution in [0.3, 0.4) is 0 Å². The Morgan fingerprint density at radius 1 is 1.26 bits per heavy atom. The lowest BCUT2D eigenvalue weighted by Crippen LogP contribution is -2.44. The summed E-state index contributed by atoms with van der Waals surface area (Å²) in [5, 5.41) is 0. The third-order valence-corrected chi connectivity index (χ3v) is 4.35. The maximum absolute atomic E-state index is 6.56. The highest BCUT2D eigenvalue weighted by Gasteiger charge is 2.38. The maximum atomic E-state index is 6.56. The molecule has 2 rings (SSSR count). The molecule has 0 unspecified atom stereocenters. The quantitative estimate of drug-likeness (QED) is 0.895. The molecule has 0 aromatic heterocycles. The highest BCUT2D eigenvalue weighted by atomic mass is 16.5. The van der Waals surface area contributed by atoms with Gasteiger partial charge in [-0.2, -0.15) is 0 Å². The highest BCUT2D eigenvalue weighted by molar-refractivity contribution is 5.51. The predicted molar refractivity (Wildman–Crippen MR) is 80.8 cm³/mol. The Kier molecular flexibility index (Phi) is 3.65. The monoisotopic (exact) mass is 261 g/mol. The van der Waals surface area contributed by atoms with Crippen LogP contribution < -0.4 is 10.5 Å². The standard InChI is InChI=1S/C17H27NO/c1-6-12-10-13(16(2,3)4)15(19-5)14(11-12)17(18)8-7-9-17/h10-11H,6-9,18H2,1-5H3. The molecule has 0 bridgehead atoms. The molecule has 0 spiro atoms. The molecule has 1 aliphatic rings. The fourth-order valence-electron chi connectivity index (χ4n) is 2.87. The zero-order valence-electron chi connectivity index (χ0n) is 13.0.